The number of carbonyl (C=O) groups excluding carboxylic acids is 1. The lowest BCUT2D eigenvalue weighted by molar-refractivity contribution is 0.0595. The molecule has 1 amide bonds. The molecule has 1 unspecified atom stereocenters. The summed E-state index contributed by atoms with van der Waals surface area (Å²) in [4.78, 5) is 19.2. The Bertz CT molecular complexity index is 1210. The summed E-state index contributed by atoms with van der Waals surface area (Å²) in [6.07, 6.45) is 3.59. The molecule has 1 N–H and O–H groups in total. The second kappa shape index (κ2) is 8.05. The van der Waals surface area contributed by atoms with Crippen LogP contribution in [0.3, 0.4) is 0 Å². The molecular formula is C27H26N2O2. The van der Waals surface area contributed by atoms with E-state index in [0.717, 1.165) is 34.0 Å². The normalized spacial score (nSPS) is 18.0. The first-order chi connectivity index (χ1) is 15.3. The zero-order chi connectivity index (χ0) is 21.3. The monoisotopic (exact) mass is 410 g/mol. The van der Waals surface area contributed by atoms with Gasteiger partial charge >= 0.3 is 0 Å². The molecule has 156 valence electrons. The van der Waals surface area contributed by atoms with E-state index in [1.807, 2.05) is 30.3 Å². The number of amides is 1. The maximum atomic E-state index is 13.7. The number of hydrogen-bond donors (Lipinski definition) is 1. The Morgan fingerprint density at radius 1 is 0.903 bits per heavy atom. The van der Waals surface area contributed by atoms with E-state index in [1.165, 1.54) is 5.56 Å². The van der Waals surface area contributed by atoms with Crippen molar-refractivity contribution in [3.8, 4) is 0 Å². The van der Waals surface area contributed by atoms with Crippen molar-refractivity contribution >= 4 is 16.8 Å². The summed E-state index contributed by atoms with van der Waals surface area (Å²) in [5.74, 6) is 0.0907. The number of nitrogens with zero attached hydrogens (tertiary/aromatic N) is 1. The zero-order valence-corrected chi connectivity index (χ0v) is 17.7. The first-order valence-electron chi connectivity index (χ1n) is 10.8. The Hall–Kier alpha value is -3.37. The fourth-order valence-electron chi connectivity index (χ4n) is 5.04. The van der Waals surface area contributed by atoms with Gasteiger partial charge in [-0.1, -0.05) is 66.7 Å². The highest BCUT2D eigenvalue weighted by atomic mass is 16.5. The highest BCUT2D eigenvalue weighted by molar-refractivity contribution is 6.02. The summed E-state index contributed by atoms with van der Waals surface area (Å²) in [7, 11) is 1.71. The molecule has 3 aromatic carbocycles. The molecule has 0 saturated carbocycles. The molecule has 0 radical (unpaired) electrons. The number of nitrogens with one attached hydrogen (secondary N) is 1. The van der Waals surface area contributed by atoms with Gasteiger partial charge in [0.1, 0.15) is 5.54 Å². The van der Waals surface area contributed by atoms with Gasteiger partial charge in [-0.3, -0.25) is 4.79 Å². The van der Waals surface area contributed by atoms with Gasteiger partial charge < -0.3 is 14.6 Å². The highest BCUT2D eigenvalue weighted by Crippen LogP contribution is 2.48. The molecule has 4 heteroatoms. The number of aromatic amines is 1. The predicted molar refractivity (Wildman–Crippen MR) is 123 cm³/mol. The molecule has 5 rings (SSSR count). The van der Waals surface area contributed by atoms with Gasteiger partial charge in [0, 0.05) is 54.9 Å². The topological polar surface area (TPSA) is 45.3 Å². The van der Waals surface area contributed by atoms with Crippen LogP contribution in [0.1, 0.15) is 33.5 Å². The number of benzene rings is 3. The average Bonchev–Trinajstić information content (AvgIpc) is 3.34. The number of ether oxygens (including phenoxy) is 1. The van der Waals surface area contributed by atoms with Crippen LogP contribution in [0.25, 0.3) is 10.9 Å². The van der Waals surface area contributed by atoms with Crippen molar-refractivity contribution in [1.82, 2.24) is 9.88 Å². The number of hydrogen-bond acceptors (Lipinski definition) is 2. The van der Waals surface area contributed by atoms with Crippen LogP contribution in [0.15, 0.2) is 85.1 Å². The molecule has 1 atom stereocenters. The van der Waals surface area contributed by atoms with Crippen LogP contribution < -0.4 is 0 Å². The van der Waals surface area contributed by atoms with Crippen LogP contribution in [0.2, 0.25) is 0 Å². The Labute approximate surface area is 182 Å². The molecule has 2 heterocycles. The summed E-state index contributed by atoms with van der Waals surface area (Å²) >= 11 is 0. The van der Waals surface area contributed by atoms with Gasteiger partial charge in [-0.05, 0) is 29.7 Å². The number of carbonyl (C=O) groups is 1. The van der Waals surface area contributed by atoms with Crippen molar-refractivity contribution in [2.75, 3.05) is 20.3 Å². The SMILES string of the molecule is COCCCN1C(=O)c2ccccc2C1(Cc1ccccc1)c1c[nH]c2ccccc12. The maximum Gasteiger partial charge on any atom is 0.255 e. The van der Waals surface area contributed by atoms with E-state index in [9.17, 15) is 4.79 Å². The Morgan fingerprint density at radius 2 is 1.65 bits per heavy atom. The first-order valence-corrected chi connectivity index (χ1v) is 10.8. The van der Waals surface area contributed by atoms with E-state index in [4.69, 9.17) is 4.74 Å². The van der Waals surface area contributed by atoms with Crippen LogP contribution in [0, 0.1) is 0 Å². The fourth-order valence-corrected chi connectivity index (χ4v) is 5.04. The van der Waals surface area contributed by atoms with Gasteiger partial charge in [-0.25, -0.2) is 0 Å². The van der Waals surface area contributed by atoms with Crippen LogP contribution in [-0.4, -0.2) is 36.1 Å². The van der Waals surface area contributed by atoms with E-state index >= 15 is 0 Å². The van der Waals surface area contributed by atoms with E-state index in [0.29, 0.717) is 19.6 Å². The Kier molecular flexibility index (Phi) is 5.08. The molecule has 0 spiro atoms. The number of methoxy groups -OCH3 is 1. The van der Waals surface area contributed by atoms with E-state index < -0.39 is 5.54 Å². The number of para-hydroxylation sites is 1. The molecule has 0 fully saturated rings. The third-order valence-electron chi connectivity index (χ3n) is 6.38. The molecule has 1 aliphatic rings. The van der Waals surface area contributed by atoms with Gasteiger partial charge in [-0.2, -0.15) is 0 Å². The highest BCUT2D eigenvalue weighted by Gasteiger charge is 2.51. The standard InChI is InChI=1S/C27H26N2O2/c1-31-17-9-16-29-26(30)22-13-5-7-14-23(22)27(29,18-20-10-3-2-4-11-20)24-19-28-25-15-8-6-12-21(24)25/h2-8,10-15,19,28H,9,16-18H2,1H3. The van der Waals surface area contributed by atoms with Gasteiger partial charge in [-0.15, -0.1) is 0 Å². The van der Waals surface area contributed by atoms with Gasteiger partial charge in [0.25, 0.3) is 5.91 Å². The Balaban J connectivity index is 1.77. The van der Waals surface area contributed by atoms with Crippen molar-refractivity contribution in [2.24, 2.45) is 0 Å². The molecule has 0 aliphatic carbocycles. The maximum absolute atomic E-state index is 13.7. The predicted octanol–water partition coefficient (Wildman–Crippen LogP) is 5.15. The number of H-pyrrole nitrogens is 1. The summed E-state index contributed by atoms with van der Waals surface area (Å²) in [5.41, 5.74) is 4.71. The van der Waals surface area contributed by atoms with E-state index in [2.05, 4.69) is 64.6 Å². The quantitative estimate of drug-likeness (QED) is 0.429. The Morgan fingerprint density at radius 3 is 2.48 bits per heavy atom. The smallest absolute Gasteiger partial charge is 0.255 e. The fraction of sp³-hybridized carbons (Fsp3) is 0.222. The second-order valence-electron chi connectivity index (χ2n) is 8.12. The second-order valence-corrected chi connectivity index (χ2v) is 8.12. The van der Waals surface area contributed by atoms with Crippen LogP contribution >= 0.6 is 0 Å². The molecule has 31 heavy (non-hydrogen) atoms. The third kappa shape index (κ3) is 3.15. The molecule has 4 nitrogen and oxygen atoms in total. The summed E-state index contributed by atoms with van der Waals surface area (Å²) in [6, 6.07) is 26.9. The molecular weight excluding hydrogens is 384 g/mol. The minimum Gasteiger partial charge on any atom is -0.385 e. The van der Waals surface area contributed by atoms with Crippen molar-refractivity contribution in [3.05, 3.63) is 107 Å². The first kappa shape index (κ1) is 19.6. The van der Waals surface area contributed by atoms with E-state index in [1.54, 1.807) is 7.11 Å². The zero-order valence-electron chi connectivity index (χ0n) is 17.7. The van der Waals surface area contributed by atoms with Crippen molar-refractivity contribution in [3.63, 3.8) is 0 Å². The number of aromatic nitrogens is 1. The summed E-state index contributed by atoms with van der Waals surface area (Å²) in [6.45, 7) is 1.25. The van der Waals surface area contributed by atoms with Crippen molar-refractivity contribution < 1.29 is 9.53 Å². The lowest BCUT2D eigenvalue weighted by atomic mass is 9.77. The van der Waals surface area contributed by atoms with Crippen LogP contribution in [0.5, 0.6) is 0 Å². The van der Waals surface area contributed by atoms with Crippen LogP contribution in [-0.2, 0) is 16.7 Å². The lowest BCUT2D eigenvalue weighted by Crippen LogP contribution is -2.47. The third-order valence-corrected chi connectivity index (χ3v) is 6.38. The molecule has 4 aromatic rings. The van der Waals surface area contributed by atoms with Gasteiger partial charge in [0.15, 0.2) is 0 Å². The van der Waals surface area contributed by atoms with Crippen molar-refractivity contribution in [2.45, 2.75) is 18.4 Å². The van der Waals surface area contributed by atoms with Gasteiger partial charge in [0.2, 0.25) is 0 Å². The molecule has 1 aliphatic heterocycles. The summed E-state index contributed by atoms with van der Waals surface area (Å²) < 4.78 is 5.32. The average molecular weight is 411 g/mol. The number of rotatable bonds is 7. The molecule has 0 bridgehead atoms. The van der Waals surface area contributed by atoms with Crippen LogP contribution in [0.4, 0.5) is 0 Å². The molecule has 0 saturated heterocycles. The molecule has 1 aromatic heterocycles. The van der Waals surface area contributed by atoms with E-state index in [-0.39, 0.29) is 5.91 Å². The van der Waals surface area contributed by atoms with Crippen molar-refractivity contribution in [1.29, 1.82) is 0 Å². The minimum atomic E-state index is -0.581. The number of fused-ring (bicyclic) bond motifs is 2. The largest absolute Gasteiger partial charge is 0.385 e. The summed E-state index contributed by atoms with van der Waals surface area (Å²) in [5, 5.41) is 1.15. The lowest BCUT2D eigenvalue weighted by Gasteiger charge is -2.40. The van der Waals surface area contributed by atoms with Gasteiger partial charge in [0.05, 0.1) is 0 Å². The minimum absolute atomic E-state index is 0.0907.